The van der Waals surface area contributed by atoms with Crippen LogP contribution in [0.5, 0.6) is 0 Å². The van der Waals surface area contributed by atoms with E-state index in [9.17, 15) is 0 Å². The third-order valence-corrected chi connectivity index (χ3v) is 5.95. The monoisotopic (exact) mass is 396 g/mol. The molecule has 0 radical (unpaired) electrons. The highest BCUT2D eigenvalue weighted by molar-refractivity contribution is 6.11. The minimum absolute atomic E-state index is 0.939. The predicted octanol–water partition coefficient (Wildman–Crippen LogP) is 7.58. The highest BCUT2D eigenvalue weighted by Gasteiger charge is 2.15. The highest BCUT2D eigenvalue weighted by atomic mass is 14.8. The van der Waals surface area contributed by atoms with Crippen molar-refractivity contribution in [2.45, 2.75) is 6.92 Å². The fraction of sp³-hybridized carbons (Fsp3) is 0.0345. The fourth-order valence-electron chi connectivity index (χ4n) is 4.40. The maximum atomic E-state index is 5.16. The molecular formula is C29H20N2. The van der Waals surface area contributed by atoms with E-state index in [4.69, 9.17) is 9.97 Å². The molecule has 1 aromatic heterocycles. The number of benzene rings is 5. The van der Waals surface area contributed by atoms with Gasteiger partial charge in [0, 0.05) is 16.5 Å². The van der Waals surface area contributed by atoms with Gasteiger partial charge in [0.15, 0.2) is 0 Å². The van der Waals surface area contributed by atoms with Crippen LogP contribution in [0.1, 0.15) is 5.69 Å². The molecule has 2 nitrogen and oxygen atoms in total. The van der Waals surface area contributed by atoms with Crippen molar-refractivity contribution in [1.82, 2.24) is 9.97 Å². The summed E-state index contributed by atoms with van der Waals surface area (Å²) in [6.07, 6.45) is 0. The lowest BCUT2D eigenvalue weighted by atomic mass is 9.96. The van der Waals surface area contributed by atoms with E-state index in [1.807, 2.05) is 25.1 Å². The summed E-state index contributed by atoms with van der Waals surface area (Å²) in [5.41, 5.74) is 7.15. The Bertz CT molecular complexity index is 1580. The summed E-state index contributed by atoms with van der Waals surface area (Å²) >= 11 is 0. The van der Waals surface area contributed by atoms with Crippen LogP contribution in [0.15, 0.2) is 103 Å². The van der Waals surface area contributed by atoms with Crippen LogP contribution in [-0.2, 0) is 0 Å². The summed E-state index contributed by atoms with van der Waals surface area (Å²) in [4.78, 5) is 10.3. The zero-order chi connectivity index (χ0) is 20.8. The number of hydrogen-bond acceptors (Lipinski definition) is 2. The summed E-state index contributed by atoms with van der Waals surface area (Å²) in [5.74, 6) is 0. The smallest absolute Gasteiger partial charge is 0.0979 e. The van der Waals surface area contributed by atoms with Gasteiger partial charge in [0.25, 0.3) is 0 Å². The molecule has 0 bridgehead atoms. The highest BCUT2D eigenvalue weighted by Crippen LogP contribution is 2.36. The van der Waals surface area contributed by atoms with E-state index in [0.717, 1.165) is 44.5 Å². The topological polar surface area (TPSA) is 25.8 Å². The molecule has 0 spiro atoms. The van der Waals surface area contributed by atoms with Gasteiger partial charge >= 0.3 is 0 Å². The molecule has 5 aromatic carbocycles. The molecule has 0 aliphatic carbocycles. The lowest BCUT2D eigenvalue weighted by Crippen LogP contribution is -1.97. The first kappa shape index (κ1) is 17.8. The number of fused-ring (bicyclic) bond motifs is 4. The second-order valence-electron chi connectivity index (χ2n) is 7.93. The van der Waals surface area contributed by atoms with Gasteiger partial charge in [-0.25, -0.2) is 9.97 Å². The summed E-state index contributed by atoms with van der Waals surface area (Å²) in [6.45, 7) is 2.05. The quantitative estimate of drug-likeness (QED) is 0.282. The summed E-state index contributed by atoms with van der Waals surface area (Å²) in [6, 6.07) is 36.1. The largest absolute Gasteiger partial charge is 0.249 e. The molecule has 31 heavy (non-hydrogen) atoms. The predicted molar refractivity (Wildman–Crippen MR) is 130 cm³/mol. The van der Waals surface area contributed by atoms with Gasteiger partial charge in [-0.15, -0.1) is 0 Å². The number of hydrogen-bond donors (Lipinski definition) is 0. The van der Waals surface area contributed by atoms with Crippen molar-refractivity contribution in [2.75, 3.05) is 0 Å². The van der Waals surface area contributed by atoms with Gasteiger partial charge in [-0.2, -0.15) is 0 Å². The minimum Gasteiger partial charge on any atom is -0.249 e. The molecule has 0 saturated heterocycles. The number of aryl methyl sites for hydroxylation is 1. The van der Waals surface area contributed by atoms with Gasteiger partial charge in [0.1, 0.15) is 0 Å². The molecule has 2 heteroatoms. The zero-order valence-electron chi connectivity index (χ0n) is 17.2. The molecule has 0 aliphatic rings. The molecule has 0 saturated carbocycles. The van der Waals surface area contributed by atoms with Crippen LogP contribution in [0.25, 0.3) is 55.0 Å². The molecule has 146 valence electrons. The first-order chi connectivity index (χ1) is 15.3. The molecule has 0 N–H and O–H groups in total. The second-order valence-corrected chi connectivity index (χ2v) is 7.93. The molecule has 0 fully saturated rings. The van der Waals surface area contributed by atoms with Gasteiger partial charge in [-0.1, -0.05) is 91.0 Å². The number of nitrogens with zero attached hydrogens (tertiary/aromatic N) is 2. The van der Waals surface area contributed by atoms with Crippen molar-refractivity contribution in [2.24, 2.45) is 0 Å². The molecule has 0 amide bonds. The molecule has 0 unspecified atom stereocenters. The summed E-state index contributed by atoms with van der Waals surface area (Å²) in [5, 5.41) is 4.78. The first-order valence-electron chi connectivity index (χ1n) is 10.5. The fourth-order valence-corrected chi connectivity index (χ4v) is 4.40. The maximum Gasteiger partial charge on any atom is 0.0979 e. The normalized spacial score (nSPS) is 11.4. The Morgan fingerprint density at radius 2 is 1.23 bits per heavy atom. The third-order valence-electron chi connectivity index (χ3n) is 5.95. The van der Waals surface area contributed by atoms with Gasteiger partial charge in [-0.3, -0.25) is 0 Å². The van der Waals surface area contributed by atoms with Crippen LogP contribution in [0.4, 0.5) is 0 Å². The Labute approximate surface area is 180 Å². The van der Waals surface area contributed by atoms with Crippen LogP contribution in [0.2, 0.25) is 0 Å². The molecule has 0 aliphatic heterocycles. The Kier molecular flexibility index (Phi) is 4.03. The number of aromatic nitrogens is 2. The van der Waals surface area contributed by atoms with E-state index in [-0.39, 0.29) is 0 Å². The van der Waals surface area contributed by atoms with E-state index >= 15 is 0 Å². The van der Waals surface area contributed by atoms with Gasteiger partial charge in [0.05, 0.1) is 22.4 Å². The van der Waals surface area contributed by atoms with E-state index in [1.54, 1.807) is 0 Å². The van der Waals surface area contributed by atoms with Crippen LogP contribution in [-0.4, -0.2) is 9.97 Å². The molecule has 0 atom stereocenters. The van der Waals surface area contributed by atoms with E-state index in [1.165, 1.54) is 16.2 Å². The third kappa shape index (κ3) is 2.96. The standard InChI is InChI=1S/C29H20N2/c1-19-27(21-10-3-2-4-11-21)31-28-25-14-8-7-13-23(25)18-26(29(28)30-19)24-16-15-20-9-5-6-12-22(20)17-24/h2-18H,1H3. The van der Waals surface area contributed by atoms with Gasteiger partial charge in [0.2, 0.25) is 0 Å². The second kappa shape index (κ2) is 7.03. The molecule has 6 rings (SSSR count). The van der Waals surface area contributed by atoms with Crippen LogP contribution in [0.3, 0.4) is 0 Å². The van der Waals surface area contributed by atoms with E-state index in [2.05, 4.69) is 84.9 Å². The van der Waals surface area contributed by atoms with E-state index < -0.39 is 0 Å². The summed E-state index contributed by atoms with van der Waals surface area (Å²) in [7, 11) is 0. The lowest BCUT2D eigenvalue weighted by Gasteiger charge is -2.13. The van der Waals surface area contributed by atoms with Crippen LogP contribution in [0, 0.1) is 6.92 Å². The molecular weight excluding hydrogens is 376 g/mol. The maximum absolute atomic E-state index is 5.16. The molecule has 6 aromatic rings. The first-order valence-corrected chi connectivity index (χ1v) is 10.5. The molecule has 1 heterocycles. The average Bonchev–Trinajstić information content (AvgIpc) is 2.83. The summed E-state index contributed by atoms with van der Waals surface area (Å²) < 4.78 is 0. The van der Waals surface area contributed by atoms with Gasteiger partial charge in [-0.05, 0) is 40.8 Å². The Morgan fingerprint density at radius 1 is 0.516 bits per heavy atom. The zero-order valence-corrected chi connectivity index (χ0v) is 17.2. The van der Waals surface area contributed by atoms with Crippen molar-refractivity contribution >= 4 is 32.6 Å². The lowest BCUT2D eigenvalue weighted by molar-refractivity contribution is 1.19. The average molecular weight is 396 g/mol. The Morgan fingerprint density at radius 3 is 2.06 bits per heavy atom. The Balaban J connectivity index is 1.70. The SMILES string of the molecule is Cc1nc2c(-c3ccc4ccccc4c3)cc3ccccc3c2nc1-c1ccccc1. The van der Waals surface area contributed by atoms with Crippen LogP contribution >= 0.6 is 0 Å². The van der Waals surface area contributed by atoms with Crippen molar-refractivity contribution < 1.29 is 0 Å². The van der Waals surface area contributed by atoms with Crippen LogP contribution < -0.4 is 0 Å². The van der Waals surface area contributed by atoms with E-state index in [0.29, 0.717) is 0 Å². The minimum atomic E-state index is 0.939. The Hall–Kier alpha value is -4.04. The van der Waals surface area contributed by atoms with Crippen molar-refractivity contribution in [3.63, 3.8) is 0 Å². The van der Waals surface area contributed by atoms with Crippen molar-refractivity contribution in [1.29, 1.82) is 0 Å². The van der Waals surface area contributed by atoms with Crippen molar-refractivity contribution in [3.05, 3.63) is 109 Å². The van der Waals surface area contributed by atoms with Crippen molar-refractivity contribution in [3.8, 4) is 22.4 Å². The number of rotatable bonds is 2. The van der Waals surface area contributed by atoms with Gasteiger partial charge < -0.3 is 0 Å².